The van der Waals surface area contributed by atoms with Crippen LogP contribution in [0.5, 0.6) is 0 Å². The maximum Gasteiger partial charge on any atom is 0.417 e. The number of halogens is 3. The van der Waals surface area contributed by atoms with Crippen LogP contribution in [0.15, 0.2) is 36.4 Å². The first kappa shape index (κ1) is 43.2. The Kier molecular flexibility index (Phi) is 12.1. The van der Waals surface area contributed by atoms with Crippen LogP contribution in [0, 0.1) is 17.2 Å². The molecule has 0 bridgehead atoms. The molecule has 1 aliphatic carbocycles. The van der Waals surface area contributed by atoms with Crippen LogP contribution in [0.3, 0.4) is 0 Å². The van der Waals surface area contributed by atoms with Gasteiger partial charge in [0.25, 0.3) is 5.91 Å². The number of nitrogens with one attached hydrogen (secondary N) is 2. The molecule has 4 fully saturated rings. The smallest absolute Gasteiger partial charge is 0.378 e. The van der Waals surface area contributed by atoms with E-state index < -0.39 is 34.7 Å². The first-order chi connectivity index (χ1) is 28.4. The number of benzene rings is 2. The number of rotatable bonds is 10. The largest absolute Gasteiger partial charge is 0.417 e. The van der Waals surface area contributed by atoms with Crippen molar-refractivity contribution in [3.05, 3.63) is 53.2 Å². The number of nitriles is 1. The molecule has 0 radical (unpaired) electrons. The molecule has 4 amide bonds. The van der Waals surface area contributed by atoms with Crippen LogP contribution in [0.2, 0.25) is 0 Å². The number of likely N-dealkylation sites (tertiary alicyclic amines) is 1. The van der Waals surface area contributed by atoms with Crippen molar-refractivity contribution in [1.29, 1.82) is 5.26 Å². The minimum absolute atomic E-state index is 0.00226. The summed E-state index contributed by atoms with van der Waals surface area (Å²) in [5.41, 5.74) is -0.769. The molecule has 3 aromatic rings. The number of anilines is 2. The predicted octanol–water partition coefficient (Wildman–Crippen LogP) is 6.54. The van der Waals surface area contributed by atoms with E-state index in [1.54, 1.807) is 31.6 Å². The summed E-state index contributed by atoms with van der Waals surface area (Å²) >= 11 is 5.77. The van der Waals surface area contributed by atoms with Gasteiger partial charge < -0.3 is 15.0 Å². The third kappa shape index (κ3) is 8.38. The summed E-state index contributed by atoms with van der Waals surface area (Å²) in [5.74, 6) is -1.33. The van der Waals surface area contributed by atoms with Crippen molar-refractivity contribution in [3.8, 4) is 6.07 Å². The second kappa shape index (κ2) is 16.9. The molecule has 2 N–H and O–H groups in total. The third-order valence-electron chi connectivity index (χ3n) is 12.9. The fourth-order valence-electron chi connectivity index (χ4n) is 9.79. The average Bonchev–Trinajstić information content (AvgIpc) is 3.61. The van der Waals surface area contributed by atoms with Crippen LogP contribution in [0.1, 0.15) is 108 Å². The van der Waals surface area contributed by atoms with Gasteiger partial charge in [-0.25, -0.2) is 0 Å². The molecule has 3 saturated heterocycles. The van der Waals surface area contributed by atoms with Gasteiger partial charge in [0.05, 0.1) is 58.3 Å². The molecule has 0 spiro atoms. The monoisotopic (exact) mass is 848 g/mol. The van der Waals surface area contributed by atoms with Crippen molar-refractivity contribution in [2.75, 3.05) is 23.4 Å². The molecule has 4 heterocycles. The molecule has 3 aliphatic heterocycles. The van der Waals surface area contributed by atoms with Crippen molar-refractivity contribution in [2.45, 2.75) is 127 Å². The molecule has 2 aromatic carbocycles. The minimum atomic E-state index is -4.76. The molecule has 60 heavy (non-hydrogen) atoms. The topological polar surface area (TPSA) is 153 Å². The Morgan fingerprint density at radius 2 is 1.77 bits per heavy atom. The number of piperidine rings is 2. The van der Waals surface area contributed by atoms with Gasteiger partial charge in [0.15, 0.2) is 5.11 Å². The van der Waals surface area contributed by atoms with Crippen LogP contribution in [-0.4, -0.2) is 91.2 Å². The molecule has 2 unspecified atom stereocenters. The summed E-state index contributed by atoms with van der Waals surface area (Å²) in [6, 6.07) is 10.5. The van der Waals surface area contributed by atoms with E-state index in [0.29, 0.717) is 35.8 Å². The Morgan fingerprint density at radius 1 is 1.07 bits per heavy atom. The molecule has 7 rings (SSSR count). The first-order valence-corrected chi connectivity index (χ1v) is 21.1. The van der Waals surface area contributed by atoms with Crippen LogP contribution in [0.25, 0.3) is 10.9 Å². The van der Waals surface area contributed by atoms with Crippen LogP contribution in [-0.2, 0) is 37.1 Å². The molecular formula is C43H51F3N8O5S. The van der Waals surface area contributed by atoms with Crippen molar-refractivity contribution >= 4 is 63.2 Å². The summed E-state index contributed by atoms with van der Waals surface area (Å²) in [6.45, 7) is 8.54. The van der Waals surface area contributed by atoms with Crippen LogP contribution >= 0.6 is 12.2 Å². The maximum atomic E-state index is 13.8. The van der Waals surface area contributed by atoms with Crippen molar-refractivity contribution < 1.29 is 37.1 Å². The van der Waals surface area contributed by atoms with Crippen molar-refractivity contribution in [1.82, 2.24) is 24.9 Å². The number of hydrogen-bond donors (Lipinski definition) is 2. The lowest BCUT2D eigenvalue weighted by Crippen LogP contribution is -2.51. The quantitative estimate of drug-likeness (QED) is 0.170. The fourth-order valence-corrected chi connectivity index (χ4v) is 10.4. The lowest BCUT2D eigenvalue weighted by molar-refractivity contribution is -0.138. The summed E-state index contributed by atoms with van der Waals surface area (Å²) in [4.78, 5) is 56.7. The second-order valence-corrected chi connectivity index (χ2v) is 17.6. The van der Waals surface area contributed by atoms with Gasteiger partial charge in [0.1, 0.15) is 5.54 Å². The third-order valence-corrected chi connectivity index (χ3v) is 13.3. The van der Waals surface area contributed by atoms with Gasteiger partial charge in [0, 0.05) is 43.6 Å². The normalized spacial score (nSPS) is 26.4. The summed E-state index contributed by atoms with van der Waals surface area (Å²) in [7, 11) is 1.78. The number of alkyl halides is 3. The Balaban J connectivity index is 0.884. The Hall–Kier alpha value is -4.92. The Labute approximate surface area is 352 Å². The molecule has 13 nitrogen and oxygen atoms in total. The highest BCUT2D eigenvalue weighted by Gasteiger charge is 2.52. The SMILES string of the molecule is C[C@@H]1CC(OCC[C@H]2CC[C@H](N3C(=S)N(c4ccc(C#N)c(C(F)(F)F)c4)C(=O)C3(C)C)CC2)C[C@H](C)N1CC(=O)Nc1cccc2c(C3CCC(=O)NC3=O)nn(C)c12. The number of para-hydroxylation sites is 1. The number of nitrogens with zero attached hydrogens (tertiary/aromatic N) is 6. The number of amides is 4. The zero-order valence-corrected chi connectivity index (χ0v) is 35.3. The van der Waals surface area contributed by atoms with Gasteiger partial charge in [-0.1, -0.05) is 12.1 Å². The number of aromatic nitrogens is 2. The highest BCUT2D eigenvalue weighted by atomic mass is 32.1. The number of thiocarbonyl (C=S) groups is 1. The maximum absolute atomic E-state index is 13.8. The number of fused-ring (bicyclic) bond motifs is 1. The van der Waals surface area contributed by atoms with Crippen LogP contribution in [0.4, 0.5) is 24.5 Å². The highest BCUT2D eigenvalue weighted by molar-refractivity contribution is 7.80. The molecule has 17 heteroatoms. The molecule has 4 atom stereocenters. The number of carbonyl (C=O) groups is 4. The lowest BCUT2D eigenvalue weighted by atomic mass is 9.82. The molecule has 1 aromatic heterocycles. The first-order valence-electron chi connectivity index (χ1n) is 20.6. The van der Waals surface area contributed by atoms with E-state index in [-0.39, 0.29) is 65.7 Å². The van der Waals surface area contributed by atoms with Crippen LogP contribution < -0.4 is 15.5 Å². The average molecular weight is 849 g/mol. The minimum Gasteiger partial charge on any atom is -0.378 e. The predicted molar refractivity (Wildman–Crippen MR) is 222 cm³/mol. The van der Waals surface area contributed by atoms with Gasteiger partial charge in [0.2, 0.25) is 17.7 Å². The van der Waals surface area contributed by atoms with Crippen molar-refractivity contribution in [3.63, 3.8) is 0 Å². The lowest BCUT2D eigenvalue weighted by Gasteiger charge is -2.42. The van der Waals surface area contributed by atoms with Gasteiger partial charge in [-0.05, 0) is 121 Å². The number of hydrogen-bond acceptors (Lipinski definition) is 9. The second-order valence-electron chi connectivity index (χ2n) is 17.3. The van der Waals surface area contributed by atoms with E-state index in [0.717, 1.165) is 62.5 Å². The zero-order valence-electron chi connectivity index (χ0n) is 34.5. The van der Waals surface area contributed by atoms with Gasteiger partial charge in [-0.2, -0.15) is 23.5 Å². The van der Waals surface area contributed by atoms with E-state index in [1.165, 1.54) is 11.0 Å². The van der Waals surface area contributed by atoms with E-state index in [9.17, 15) is 37.6 Å². The number of carbonyl (C=O) groups excluding carboxylic acids is 4. The fraction of sp³-hybridized carbons (Fsp3) is 0.558. The molecule has 4 aliphatic rings. The van der Waals surface area contributed by atoms with E-state index in [1.807, 2.05) is 23.1 Å². The van der Waals surface area contributed by atoms with Gasteiger partial charge >= 0.3 is 6.18 Å². The van der Waals surface area contributed by atoms with Gasteiger partial charge in [-0.15, -0.1) is 0 Å². The summed E-state index contributed by atoms with van der Waals surface area (Å²) in [6.07, 6.45) is 1.73. The molecule has 320 valence electrons. The molecular weight excluding hydrogens is 798 g/mol. The zero-order chi connectivity index (χ0) is 43.3. The number of imide groups is 1. The van der Waals surface area contributed by atoms with E-state index in [2.05, 4.69) is 34.5 Å². The van der Waals surface area contributed by atoms with Crippen molar-refractivity contribution in [2.24, 2.45) is 13.0 Å². The van der Waals surface area contributed by atoms with E-state index in [4.69, 9.17) is 17.0 Å². The summed E-state index contributed by atoms with van der Waals surface area (Å²) in [5, 5.41) is 20.3. The van der Waals surface area contributed by atoms with E-state index >= 15 is 0 Å². The Morgan fingerprint density at radius 3 is 2.42 bits per heavy atom. The van der Waals surface area contributed by atoms with Gasteiger partial charge in [-0.3, -0.25) is 39.0 Å². The molecule has 1 saturated carbocycles. The standard InChI is InChI=1S/C43H51F3N8O5S/c1-24-19-30(20-25(2)52(24)23-36(56)48-34-8-6-7-31-37(50-51(5)38(31)34)32-15-16-35(55)49-39(32)57)59-18-17-26-9-12-28(13-10-26)54-41(60)53(40(58)42(54,3)4)29-14-11-27(22-47)33(21-29)43(44,45)46/h6-8,11,14,21,24-26,28,30,32H,9-10,12-13,15-20,23H2,1-5H3,(H,48,56)(H,49,55,57)/t24-,25+,26-,28-,30?,32?. The number of ether oxygens (including phenoxy) is 1. The summed E-state index contributed by atoms with van der Waals surface area (Å²) < 4.78 is 49.4. The highest BCUT2D eigenvalue weighted by Crippen LogP contribution is 2.42. The Bertz CT molecular complexity index is 2230. The number of aryl methyl sites for hydroxylation is 1.